The monoisotopic (exact) mass is 485 g/mol. The van der Waals surface area contributed by atoms with Crippen molar-refractivity contribution in [3.05, 3.63) is 88.0 Å². The second-order valence-electron chi connectivity index (χ2n) is 11.5. The minimum atomic E-state index is 0.00767. The molecular weight excluding hydrogens is 449 g/mol. The molecule has 5 atom stereocenters. The van der Waals surface area contributed by atoms with Gasteiger partial charge in [0.2, 0.25) is 0 Å². The molecule has 7 rings (SSSR count). The molecule has 1 aromatic heterocycles. The van der Waals surface area contributed by atoms with E-state index < -0.39 is 0 Å². The van der Waals surface area contributed by atoms with Crippen LogP contribution in [-0.4, -0.2) is 28.4 Å². The molecule has 0 radical (unpaired) electrons. The Bertz CT molecular complexity index is 1230. The van der Waals surface area contributed by atoms with Crippen LogP contribution in [0.3, 0.4) is 0 Å². The highest BCUT2D eigenvalue weighted by molar-refractivity contribution is 5.43. The molecular formula is C31H36FN3O. The standard InChI is InChI=1S/C30H34FN3.CH2O/c1-30-14-13-22-21-8-4-10-27(31)23(21)11-12-25(22)28(30)24(26-16-32-33-29(26)30)9-5-15-34-17-19-6-2-3-7-20(19)18-34;1-2/h2-4,6-8,10,16,22,24-25,28H,5,9,11-15,17-18H2,1H3,(H,32,33);1H2/t22?,24-,25?,28?,30+;/m1./s1. The van der Waals surface area contributed by atoms with Crippen molar-refractivity contribution in [2.75, 3.05) is 6.54 Å². The van der Waals surface area contributed by atoms with Crippen molar-refractivity contribution in [2.45, 2.75) is 75.8 Å². The topological polar surface area (TPSA) is 49.0 Å². The van der Waals surface area contributed by atoms with Crippen molar-refractivity contribution < 1.29 is 9.18 Å². The van der Waals surface area contributed by atoms with E-state index in [2.05, 4.69) is 58.5 Å². The zero-order valence-corrected chi connectivity index (χ0v) is 21.2. The van der Waals surface area contributed by atoms with Crippen molar-refractivity contribution in [3.63, 3.8) is 0 Å². The summed E-state index contributed by atoms with van der Waals surface area (Å²) in [6, 6.07) is 14.7. The smallest absolute Gasteiger partial charge is 0.126 e. The summed E-state index contributed by atoms with van der Waals surface area (Å²) >= 11 is 0. The first-order chi connectivity index (χ1) is 17.6. The van der Waals surface area contributed by atoms with Gasteiger partial charge in [0.25, 0.3) is 0 Å². The molecule has 1 saturated carbocycles. The van der Waals surface area contributed by atoms with Crippen LogP contribution in [0.4, 0.5) is 4.39 Å². The van der Waals surface area contributed by atoms with E-state index in [1.165, 1.54) is 47.2 Å². The summed E-state index contributed by atoms with van der Waals surface area (Å²) < 4.78 is 14.6. The van der Waals surface area contributed by atoms with Gasteiger partial charge in [0.15, 0.2) is 0 Å². The van der Waals surface area contributed by atoms with Crippen LogP contribution in [-0.2, 0) is 29.7 Å². The summed E-state index contributed by atoms with van der Waals surface area (Å²) in [6.07, 6.45) is 8.90. The van der Waals surface area contributed by atoms with Gasteiger partial charge in [0, 0.05) is 24.2 Å². The van der Waals surface area contributed by atoms with Gasteiger partial charge in [-0.25, -0.2) is 4.39 Å². The molecule has 1 aliphatic heterocycles. The van der Waals surface area contributed by atoms with Gasteiger partial charge in [0.1, 0.15) is 12.6 Å². The molecule has 0 amide bonds. The summed E-state index contributed by atoms with van der Waals surface area (Å²) in [5.74, 6) is 2.34. The van der Waals surface area contributed by atoms with Crippen LogP contribution in [0.15, 0.2) is 48.7 Å². The zero-order chi connectivity index (χ0) is 24.9. The Morgan fingerprint density at radius 1 is 1.08 bits per heavy atom. The number of benzene rings is 2. The number of halogens is 1. The second kappa shape index (κ2) is 9.26. The van der Waals surface area contributed by atoms with Gasteiger partial charge in [-0.05, 0) is 103 Å². The Morgan fingerprint density at radius 2 is 1.86 bits per heavy atom. The highest BCUT2D eigenvalue weighted by Gasteiger charge is 2.57. The third-order valence-corrected chi connectivity index (χ3v) is 9.94. The average Bonchev–Trinajstić information content (AvgIpc) is 3.60. The molecule has 0 spiro atoms. The summed E-state index contributed by atoms with van der Waals surface area (Å²) in [6.45, 7) is 7.82. The van der Waals surface area contributed by atoms with Crippen LogP contribution >= 0.6 is 0 Å². The fraction of sp³-hybridized carbons (Fsp3) is 0.484. The summed E-state index contributed by atoms with van der Waals surface area (Å²) in [5.41, 5.74) is 8.35. The molecule has 0 bridgehead atoms. The summed E-state index contributed by atoms with van der Waals surface area (Å²) in [7, 11) is 0. The fourth-order valence-corrected chi connectivity index (χ4v) is 8.52. The van der Waals surface area contributed by atoms with Crippen LogP contribution < -0.4 is 0 Å². The van der Waals surface area contributed by atoms with E-state index >= 15 is 0 Å². The van der Waals surface area contributed by atoms with Crippen molar-refractivity contribution in [3.8, 4) is 0 Å². The summed E-state index contributed by atoms with van der Waals surface area (Å²) in [5, 5.41) is 7.94. The number of H-pyrrole nitrogens is 1. The van der Waals surface area contributed by atoms with Crippen molar-refractivity contribution in [2.24, 2.45) is 11.8 Å². The van der Waals surface area contributed by atoms with E-state index in [1.807, 2.05) is 12.9 Å². The Kier molecular flexibility index (Phi) is 6.07. The highest BCUT2D eigenvalue weighted by atomic mass is 19.1. The largest absolute Gasteiger partial charge is 0.307 e. The molecule has 1 fully saturated rings. The molecule has 3 unspecified atom stereocenters. The van der Waals surface area contributed by atoms with Crippen molar-refractivity contribution in [1.29, 1.82) is 0 Å². The number of rotatable bonds is 4. The van der Waals surface area contributed by atoms with Gasteiger partial charge < -0.3 is 4.79 Å². The van der Waals surface area contributed by atoms with Crippen LogP contribution in [0, 0.1) is 17.7 Å². The summed E-state index contributed by atoms with van der Waals surface area (Å²) in [4.78, 5) is 10.6. The molecule has 188 valence electrons. The molecule has 2 aromatic carbocycles. The van der Waals surface area contributed by atoms with Crippen molar-refractivity contribution in [1.82, 2.24) is 15.1 Å². The van der Waals surface area contributed by atoms with Gasteiger partial charge in [-0.1, -0.05) is 43.3 Å². The van der Waals surface area contributed by atoms with E-state index in [-0.39, 0.29) is 11.2 Å². The minimum Gasteiger partial charge on any atom is -0.307 e. The third kappa shape index (κ3) is 3.58. The maximum Gasteiger partial charge on any atom is 0.126 e. The molecule has 1 N–H and O–H groups in total. The lowest BCUT2D eigenvalue weighted by Crippen LogP contribution is -2.44. The predicted molar refractivity (Wildman–Crippen MR) is 139 cm³/mol. The number of hydrogen-bond donors (Lipinski definition) is 1. The molecule has 5 heteroatoms. The predicted octanol–water partition coefficient (Wildman–Crippen LogP) is 6.27. The number of carbonyl (C=O) groups is 1. The fourth-order valence-electron chi connectivity index (χ4n) is 8.52. The van der Waals surface area contributed by atoms with Crippen LogP contribution in [0.5, 0.6) is 0 Å². The van der Waals surface area contributed by atoms with E-state index in [9.17, 15) is 4.39 Å². The SMILES string of the molecule is C=O.C[C@]12CCC3c4cccc(F)c4CCC3C1[C@H](CCCN1Cc3ccccc3C1)c1cn[nH]c12. The molecule has 0 saturated heterocycles. The van der Waals surface area contributed by atoms with Crippen LogP contribution in [0.25, 0.3) is 0 Å². The Hall–Kier alpha value is -2.79. The van der Waals surface area contributed by atoms with Crippen molar-refractivity contribution >= 4 is 6.79 Å². The van der Waals surface area contributed by atoms with Gasteiger partial charge >= 0.3 is 0 Å². The number of nitrogens with zero attached hydrogens (tertiary/aromatic N) is 2. The first-order valence-electron chi connectivity index (χ1n) is 13.5. The normalized spacial score (nSPS) is 29.8. The minimum absolute atomic E-state index is 0.00767. The Labute approximate surface area is 213 Å². The zero-order valence-electron chi connectivity index (χ0n) is 21.2. The molecule has 4 nitrogen and oxygen atoms in total. The van der Waals surface area contributed by atoms with Gasteiger partial charge in [-0.3, -0.25) is 10.00 Å². The van der Waals surface area contributed by atoms with E-state index in [1.54, 1.807) is 6.07 Å². The van der Waals surface area contributed by atoms with E-state index in [4.69, 9.17) is 4.79 Å². The van der Waals surface area contributed by atoms with Gasteiger partial charge in [-0.15, -0.1) is 0 Å². The lowest BCUT2D eigenvalue weighted by Gasteiger charge is -2.51. The number of nitrogens with one attached hydrogen (secondary N) is 1. The number of fused-ring (bicyclic) bond motifs is 8. The van der Waals surface area contributed by atoms with Gasteiger partial charge in [0.05, 0.1) is 6.20 Å². The third-order valence-electron chi connectivity index (χ3n) is 9.94. The molecule has 36 heavy (non-hydrogen) atoms. The molecule has 2 heterocycles. The first-order valence-corrected chi connectivity index (χ1v) is 13.5. The van der Waals surface area contributed by atoms with Crippen LogP contribution in [0.1, 0.15) is 84.4 Å². The quantitative estimate of drug-likeness (QED) is 0.474. The number of aromatic amines is 1. The van der Waals surface area contributed by atoms with E-state index in [0.717, 1.165) is 44.5 Å². The maximum atomic E-state index is 14.6. The van der Waals surface area contributed by atoms with E-state index in [0.29, 0.717) is 23.7 Å². The van der Waals surface area contributed by atoms with Gasteiger partial charge in [-0.2, -0.15) is 5.10 Å². The molecule has 4 aliphatic rings. The van der Waals surface area contributed by atoms with Crippen LogP contribution in [0.2, 0.25) is 0 Å². The Morgan fingerprint density at radius 3 is 2.64 bits per heavy atom. The Balaban J connectivity index is 0.00000117. The number of carbonyl (C=O) groups excluding carboxylic acids is 1. The molecule has 3 aliphatic carbocycles. The number of aromatic nitrogens is 2. The average molecular weight is 486 g/mol. The lowest BCUT2D eigenvalue weighted by molar-refractivity contribution is -0.0979. The first kappa shape index (κ1) is 23.6. The second-order valence-corrected chi connectivity index (χ2v) is 11.5. The maximum absolute atomic E-state index is 14.6. The molecule has 3 aromatic rings. The highest BCUT2D eigenvalue weighted by Crippen LogP contribution is 2.64. The lowest BCUT2D eigenvalue weighted by atomic mass is 9.53. The number of hydrogen-bond acceptors (Lipinski definition) is 3.